The van der Waals surface area contributed by atoms with E-state index >= 15 is 0 Å². The largest absolute Gasteiger partial charge is 0.469 e. The normalized spacial score (nSPS) is 10.3. The van der Waals surface area contributed by atoms with Crippen molar-refractivity contribution in [3.63, 3.8) is 0 Å². The second-order valence-electron chi connectivity index (χ2n) is 16.7. The number of ether oxygens (including phenoxy) is 5. The fourth-order valence-electron chi connectivity index (χ4n) is 5.93. The molecule has 0 atom stereocenters. The van der Waals surface area contributed by atoms with Crippen LogP contribution in [-0.2, 0) is 66.8 Å². The van der Waals surface area contributed by atoms with Crippen molar-refractivity contribution in [2.24, 2.45) is 45.9 Å². The van der Waals surface area contributed by atoms with Crippen molar-refractivity contribution < 1.29 is 66.8 Å². The van der Waals surface area contributed by atoms with Gasteiger partial charge in [0.1, 0.15) is 11.6 Å². The number of amides is 2. The number of methoxy groups -OCH3 is 5. The van der Waals surface area contributed by atoms with Crippen LogP contribution >= 0.6 is 0 Å². The van der Waals surface area contributed by atoms with Crippen molar-refractivity contribution in [3.8, 4) is 0 Å². The Morgan fingerprint density at radius 1 is 0.346 bits per heavy atom. The van der Waals surface area contributed by atoms with Gasteiger partial charge in [-0.2, -0.15) is 0 Å². The number of nitrogens with zero attached hydrogens (tertiary/aromatic N) is 4. The molecule has 0 spiro atoms. The zero-order valence-corrected chi connectivity index (χ0v) is 47.9. The maximum Gasteiger partial charge on any atom is 0.329 e. The zero-order chi connectivity index (χ0) is 60.2. The van der Waals surface area contributed by atoms with E-state index in [-0.39, 0.29) is 72.9 Å². The van der Waals surface area contributed by atoms with Gasteiger partial charge in [0.05, 0.1) is 61.2 Å². The number of rotatable bonds is 43. The SMILES string of the molecule is C=CC(=O)OC.COC(=O)CCN(CCC(=O)OC)CCN(CCC(=O)OC)CCC(=O)OC.NCCCC(=O)CCN(CCC(=O)CCCN)CCN(CCC(=O)NCCN)CCC(=O)NCCN.NCCN.NCCN. The van der Waals surface area contributed by atoms with Crippen LogP contribution in [0.3, 0.4) is 0 Å². The standard InChI is InChI=1S/C24H50N8O4.C18H32N2O8.C4H6O2.2C2H8N2/c25-9-1-3-21(33)5-15-31(16-6-22(34)4-2-10-26)19-20-32(17-7-23(35)29-13-11-27)18-8-24(36)30-14-12-28;1-25-15(21)5-9-19(10-6-16(22)26-2)13-14-20(11-7-17(23)27-3)12-8-18(24)28-4;1-3-4(5)6-2;2*3-1-2-4/h1-20,25-28H2,(H,29,35)(H,30,36);5-14H2,1-4H3;3H,1H2,2H3;2*1-4H2. The molecule has 0 bridgehead atoms. The maximum atomic E-state index is 12.2. The van der Waals surface area contributed by atoms with Crippen LogP contribution in [0, 0.1) is 0 Å². The Labute approximate surface area is 464 Å². The van der Waals surface area contributed by atoms with E-state index in [0.29, 0.717) is 195 Å². The van der Waals surface area contributed by atoms with Gasteiger partial charge in [-0.3, -0.25) is 38.4 Å². The minimum atomic E-state index is -0.394. The van der Waals surface area contributed by atoms with Crippen LogP contribution in [0.1, 0.15) is 77.0 Å². The van der Waals surface area contributed by atoms with Crippen LogP contribution in [0.25, 0.3) is 0 Å². The fraction of sp³-hybridized carbons (Fsp3) is 0.780. The average Bonchev–Trinajstić information content (AvgIpc) is 3.46. The molecular weight excluding hydrogens is 1020 g/mol. The summed E-state index contributed by atoms with van der Waals surface area (Å²) in [6.45, 7) is 14.2. The van der Waals surface area contributed by atoms with E-state index in [9.17, 15) is 43.2 Å². The van der Waals surface area contributed by atoms with E-state index in [4.69, 9.17) is 45.9 Å². The van der Waals surface area contributed by atoms with Gasteiger partial charge in [-0.25, -0.2) is 4.79 Å². The van der Waals surface area contributed by atoms with E-state index in [1.165, 1.54) is 35.5 Å². The summed E-state index contributed by atoms with van der Waals surface area (Å²) in [6.07, 6.45) is 5.54. The molecule has 458 valence electrons. The summed E-state index contributed by atoms with van der Waals surface area (Å²) in [5, 5.41) is 5.51. The van der Waals surface area contributed by atoms with Gasteiger partial charge in [0.2, 0.25) is 11.8 Å². The molecule has 0 saturated carbocycles. The molecule has 0 rings (SSSR count). The predicted octanol–water partition coefficient (Wildman–Crippen LogP) is -4.09. The van der Waals surface area contributed by atoms with Gasteiger partial charge in [0, 0.05) is 175 Å². The Morgan fingerprint density at radius 3 is 0.795 bits per heavy atom. The first-order valence-corrected chi connectivity index (χ1v) is 26.4. The lowest BCUT2D eigenvalue weighted by Crippen LogP contribution is -2.41. The first kappa shape index (κ1) is 81.7. The van der Waals surface area contributed by atoms with E-state index in [1.54, 1.807) is 0 Å². The van der Waals surface area contributed by atoms with Crippen LogP contribution < -0.4 is 56.5 Å². The second kappa shape index (κ2) is 62.7. The Kier molecular flexibility index (Phi) is 65.7. The average molecular weight is 1130 g/mol. The molecular formula is C50H104N14O14. The summed E-state index contributed by atoms with van der Waals surface area (Å²) in [7, 11) is 6.60. The number of nitrogens with two attached hydrogens (primary N) is 8. The zero-order valence-electron chi connectivity index (χ0n) is 47.9. The van der Waals surface area contributed by atoms with E-state index in [2.05, 4.69) is 50.7 Å². The number of carbonyl (C=O) groups excluding carboxylic acids is 9. The van der Waals surface area contributed by atoms with Gasteiger partial charge >= 0.3 is 29.8 Å². The molecule has 0 aromatic rings. The number of hydrogen-bond donors (Lipinski definition) is 10. The number of Topliss-reactive ketones (excluding diaryl/α,β-unsaturated/α-hetero) is 2. The van der Waals surface area contributed by atoms with Crippen LogP contribution in [0.5, 0.6) is 0 Å². The Balaban J connectivity index is -0.000000371. The summed E-state index contributed by atoms with van der Waals surface area (Å²) in [4.78, 5) is 112. The quantitative estimate of drug-likeness (QED) is 0.0158. The maximum absolute atomic E-state index is 12.2. The molecule has 78 heavy (non-hydrogen) atoms. The molecule has 0 fully saturated rings. The molecule has 28 nitrogen and oxygen atoms in total. The molecule has 0 saturated heterocycles. The number of ketones is 2. The van der Waals surface area contributed by atoms with Crippen molar-refractivity contribution in [1.29, 1.82) is 0 Å². The second-order valence-corrected chi connectivity index (χ2v) is 16.7. The summed E-state index contributed by atoms with van der Waals surface area (Å²) in [6, 6.07) is 0. The monoisotopic (exact) mass is 1120 g/mol. The van der Waals surface area contributed by atoms with Crippen LogP contribution in [-0.4, -0.2) is 252 Å². The van der Waals surface area contributed by atoms with Gasteiger partial charge in [-0.05, 0) is 25.9 Å². The van der Waals surface area contributed by atoms with Crippen molar-refractivity contribution in [2.45, 2.75) is 77.0 Å². The molecule has 0 aromatic heterocycles. The van der Waals surface area contributed by atoms with Crippen molar-refractivity contribution in [3.05, 3.63) is 12.7 Å². The molecule has 18 N–H and O–H groups in total. The lowest BCUT2D eigenvalue weighted by Gasteiger charge is -2.27. The highest BCUT2D eigenvalue weighted by Gasteiger charge is 2.18. The van der Waals surface area contributed by atoms with E-state index < -0.39 is 5.97 Å². The van der Waals surface area contributed by atoms with Crippen LogP contribution in [0.15, 0.2) is 12.7 Å². The van der Waals surface area contributed by atoms with Gasteiger partial charge in [-0.1, -0.05) is 6.58 Å². The number of nitrogens with one attached hydrogen (secondary N) is 2. The summed E-state index contributed by atoms with van der Waals surface area (Å²) in [5.74, 6) is -1.61. The van der Waals surface area contributed by atoms with Crippen molar-refractivity contribution >= 4 is 53.2 Å². The van der Waals surface area contributed by atoms with E-state index in [1.807, 2.05) is 9.80 Å². The van der Waals surface area contributed by atoms with Gasteiger partial charge < -0.3 is 99.8 Å². The number of hydrogen-bond acceptors (Lipinski definition) is 26. The molecule has 0 aliphatic heterocycles. The predicted molar refractivity (Wildman–Crippen MR) is 300 cm³/mol. The van der Waals surface area contributed by atoms with Gasteiger partial charge in [0.25, 0.3) is 0 Å². The molecule has 0 heterocycles. The highest BCUT2D eigenvalue weighted by molar-refractivity contribution is 5.81. The smallest absolute Gasteiger partial charge is 0.329 e. The van der Waals surface area contributed by atoms with Crippen molar-refractivity contribution in [1.82, 2.24) is 30.2 Å². The molecule has 0 aliphatic carbocycles. The highest BCUT2D eigenvalue weighted by atomic mass is 16.5. The van der Waals surface area contributed by atoms with Crippen molar-refractivity contribution in [2.75, 3.05) is 180 Å². The fourth-order valence-corrected chi connectivity index (χ4v) is 5.93. The number of esters is 5. The Hall–Kier alpha value is -5.11. The summed E-state index contributed by atoms with van der Waals surface area (Å²) < 4.78 is 22.8. The third kappa shape index (κ3) is 61.7. The Morgan fingerprint density at radius 2 is 0.603 bits per heavy atom. The molecule has 28 heteroatoms. The topological polar surface area (TPSA) is 445 Å². The molecule has 2 amide bonds. The highest BCUT2D eigenvalue weighted by Crippen LogP contribution is 2.05. The van der Waals surface area contributed by atoms with Crippen LogP contribution in [0.2, 0.25) is 0 Å². The molecule has 0 radical (unpaired) electrons. The summed E-state index contributed by atoms with van der Waals surface area (Å²) >= 11 is 0. The minimum absolute atomic E-state index is 0.0918. The third-order valence-electron chi connectivity index (χ3n) is 10.6. The first-order chi connectivity index (χ1) is 37.3. The molecule has 0 aromatic carbocycles. The van der Waals surface area contributed by atoms with Gasteiger partial charge in [0.15, 0.2) is 0 Å². The molecule has 0 aliphatic rings. The summed E-state index contributed by atoms with van der Waals surface area (Å²) in [5.41, 5.74) is 41.5. The minimum Gasteiger partial charge on any atom is -0.469 e. The first-order valence-electron chi connectivity index (χ1n) is 26.4. The van der Waals surface area contributed by atoms with E-state index in [0.717, 1.165) is 6.08 Å². The lowest BCUT2D eigenvalue weighted by molar-refractivity contribution is -0.143. The van der Waals surface area contributed by atoms with Gasteiger partial charge in [-0.15, -0.1) is 0 Å². The molecule has 0 unspecified atom stereocenters. The lowest BCUT2D eigenvalue weighted by atomic mass is 10.1. The number of carbonyl (C=O) groups is 9. The third-order valence-corrected chi connectivity index (χ3v) is 10.6. The Bertz CT molecular complexity index is 1360. The van der Waals surface area contributed by atoms with Crippen LogP contribution in [0.4, 0.5) is 0 Å².